The molecule has 0 aromatic heterocycles. The summed E-state index contributed by atoms with van der Waals surface area (Å²) in [6, 6.07) is 10.5. The van der Waals surface area contributed by atoms with E-state index in [1.807, 2.05) is 0 Å². The number of carbonyl (C=O) groups is 4. The number of aliphatic hydroxyl groups excluding tert-OH is 1. The second-order valence-corrected chi connectivity index (χ2v) is 16.7. The highest BCUT2D eigenvalue weighted by Gasteiger charge is 2.50. The van der Waals surface area contributed by atoms with Crippen LogP contribution in [0.15, 0.2) is 48.5 Å². The number of fused-ring (bicyclic) bond motifs is 3. The monoisotopic (exact) mass is 810 g/mol. The summed E-state index contributed by atoms with van der Waals surface area (Å²) in [5.74, 6) is -3.74. The van der Waals surface area contributed by atoms with E-state index in [1.165, 1.54) is 32.2 Å². The van der Waals surface area contributed by atoms with Crippen molar-refractivity contribution in [3.8, 4) is 23.0 Å². The first kappa shape index (κ1) is 41.9. The number of aliphatic hydroxyl groups is 1. The van der Waals surface area contributed by atoms with E-state index >= 15 is 0 Å². The second kappa shape index (κ2) is 16.3. The predicted octanol–water partition coefficient (Wildman–Crippen LogP) is 4.42. The highest BCUT2D eigenvalue weighted by Crippen LogP contribution is 2.55. The molecule has 2 aliphatic carbocycles. The minimum atomic E-state index is -4.37. The first-order valence-corrected chi connectivity index (χ1v) is 20.0. The molecule has 16 nitrogen and oxygen atoms in total. The number of methoxy groups -OCH3 is 1. The molecule has 17 heteroatoms. The van der Waals surface area contributed by atoms with Gasteiger partial charge in [0, 0.05) is 34.6 Å². The molecule has 3 aliphatic rings. The second-order valence-electron chi connectivity index (χ2n) is 15.0. The lowest BCUT2D eigenvalue weighted by Crippen LogP contribution is -2.54. The van der Waals surface area contributed by atoms with Gasteiger partial charge in [0.05, 0.1) is 42.1 Å². The number of benzene rings is 3. The smallest absolute Gasteiger partial charge is 0.459 e. The fourth-order valence-corrected chi connectivity index (χ4v) is 9.42. The molecular weight excluding hydrogens is 763 g/mol. The van der Waals surface area contributed by atoms with Crippen LogP contribution >= 0.6 is 7.75 Å². The molecule has 57 heavy (non-hydrogen) atoms. The summed E-state index contributed by atoms with van der Waals surface area (Å²) in [5.41, 5.74) is 4.24. The maximum Gasteiger partial charge on any atom is 0.459 e. The van der Waals surface area contributed by atoms with Crippen molar-refractivity contribution in [2.45, 2.75) is 96.7 Å². The topological polar surface area (TPSA) is 239 Å². The molecule has 0 unspecified atom stereocenters. The number of ether oxygens (including phenoxy) is 4. The number of phenolic OH excluding ortho intramolecular Hbond substituents is 2. The minimum absolute atomic E-state index is 0.0103. The van der Waals surface area contributed by atoms with Crippen molar-refractivity contribution >= 4 is 31.1 Å². The lowest BCUT2D eigenvalue weighted by atomic mass is 9.67. The molecule has 1 heterocycles. The van der Waals surface area contributed by atoms with Crippen molar-refractivity contribution in [2.75, 3.05) is 13.7 Å². The van der Waals surface area contributed by atoms with Crippen molar-refractivity contribution in [3.63, 3.8) is 0 Å². The van der Waals surface area contributed by atoms with Crippen LogP contribution in [0, 0.1) is 5.41 Å². The Bertz CT molecular complexity index is 2110. The van der Waals surface area contributed by atoms with Gasteiger partial charge in [-0.3, -0.25) is 23.7 Å². The van der Waals surface area contributed by atoms with E-state index in [0.717, 1.165) is 0 Å². The normalized spacial score (nSPS) is 25.7. The zero-order valence-corrected chi connectivity index (χ0v) is 33.2. The van der Waals surface area contributed by atoms with Gasteiger partial charge in [-0.25, -0.2) is 4.57 Å². The molecule has 6 N–H and O–H groups in total. The summed E-state index contributed by atoms with van der Waals surface area (Å²) in [6.45, 7) is 7.10. The van der Waals surface area contributed by atoms with Crippen LogP contribution < -0.4 is 20.1 Å². The van der Waals surface area contributed by atoms with Crippen LogP contribution in [0.4, 0.5) is 0 Å². The van der Waals surface area contributed by atoms with Gasteiger partial charge in [0.25, 0.3) is 0 Å². The maximum atomic E-state index is 14.3. The first-order valence-electron chi connectivity index (χ1n) is 18.5. The van der Waals surface area contributed by atoms with Gasteiger partial charge in [-0.2, -0.15) is 5.09 Å². The number of nitrogens with one attached hydrogen (secondary N) is 1. The average Bonchev–Trinajstić information content (AvgIpc) is 3.15. The molecule has 1 fully saturated rings. The molecule has 1 saturated heterocycles. The van der Waals surface area contributed by atoms with Crippen molar-refractivity contribution in [3.05, 3.63) is 81.9 Å². The molecule has 8 atom stereocenters. The fourth-order valence-electron chi connectivity index (χ4n) is 7.63. The van der Waals surface area contributed by atoms with Crippen molar-refractivity contribution in [2.24, 2.45) is 11.1 Å². The summed E-state index contributed by atoms with van der Waals surface area (Å²) < 4.78 is 49.4. The number of hydrogen-bond acceptors (Lipinski definition) is 15. The van der Waals surface area contributed by atoms with Gasteiger partial charge in [-0.15, -0.1) is 0 Å². The number of phenols is 2. The van der Waals surface area contributed by atoms with Crippen LogP contribution in [-0.2, 0) is 39.3 Å². The highest BCUT2D eigenvalue weighted by molar-refractivity contribution is 7.52. The Balaban J connectivity index is 1.31. The van der Waals surface area contributed by atoms with Crippen LogP contribution in [0.25, 0.3) is 0 Å². The van der Waals surface area contributed by atoms with Gasteiger partial charge < -0.3 is 44.5 Å². The number of nitrogens with two attached hydrogens (primary N) is 1. The molecule has 0 saturated carbocycles. The van der Waals surface area contributed by atoms with Gasteiger partial charge in [-0.1, -0.05) is 37.3 Å². The van der Waals surface area contributed by atoms with E-state index in [4.69, 9.17) is 33.7 Å². The van der Waals surface area contributed by atoms with Crippen LogP contribution in [0.3, 0.4) is 0 Å². The molecule has 0 bridgehead atoms. The van der Waals surface area contributed by atoms with Crippen LogP contribution in [-0.4, -0.2) is 89.0 Å². The third-order valence-corrected chi connectivity index (χ3v) is 12.1. The van der Waals surface area contributed by atoms with Crippen molar-refractivity contribution in [1.29, 1.82) is 0 Å². The van der Waals surface area contributed by atoms with E-state index < -0.39 is 109 Å². The Morgan fingerprint density at radius 2 is 1.70 bits per heavy atom. The van der Waals surface area contributed by atoms with Crippen LogP contribution in [0.2, 0.25) is 0 Å². The molecule has 0 radical (unpaired) electrons. The zero-order chi connectivity index (χ0) is 41.6. The summed E-state index contributed by atoms with van der Waals surface area (Å²) in [7, 11) is -3.04. The predicted molar refractivity (Wildman–Crippen MR) is 202 cm³/mol. The molecule has 0 spiro atoms. The Hall–Kier alpha value is -4.67. The maximum absolute atomic E-state index is 14.3. The van der Waals surface area contributed by atoms with Crippen LogP contribution in [0.5, 0.6) is 23.0 Å². The summed E-state index contributed by atoms with van der Waals surface area (Å²) >= 11 is 0. The lowest BCUT2D eigenvalue weighted by Gasteiger charge is -2.44. The number of esters is 1. The number of ketones is 3. The number of hydrogen-bond donors (Lipinski definition) is 5. The number of rotatable bonds is 13. The molecule has 0 amide bonds. The number of Topliss-reactive ketones (excluding diaryl/α,β-unsaturated/α-hetero) is 1. The number of aromatic hydroxyl groups is 2. The van der Waals surface area contributed by atoms with Gasteiger partial charge in [-0.05, 0) is 58.7 Å². The first-order chi connectivity index (χ1) is 26.9. The van der Waals surface area contributed by atoms with Gasteiger partial charge in [0.1, 0.15) is 41.8 Å². The van der Waals surface area contributed by atoms with Crippen molar-refractivity contribution < 1.29 is 67.1 Å². The van der Waals surface area contributed by atoms with Gasteiger partial charge >= 0.3 is 13.7 Å². The van der Waals surface area contributed by atoms with Crippen LogP contribution in [0.1, 0.15) is 96.5 Å². The van der Waals surface area contributed by atoms with Gasteiger partial charge in [0.15, 0.2) is 17.9 Å². The van der Waals surface area contributed by atoms with E-state index in [0.29, 0.717) is 0 Å². The van der Waals surface area contributed by atoms with E-state index in [2.05, 4.69) is 5.09 Å². The van der Waals surface area contributed by atoms with E-state index in [9.17, 15) is 39.1 Å². The minimum Gasteiger partial charge on any atom is -0.507 e. The van der Waals surface area contributed by atoms with Crippen molar-refractivity contribution in [1.82, 2.24) is 5.09 Å². The number of para-hydroxylation sites is 1. The third-order valence-electron chi connectivity index (χ3n) is 10.4. The quantitative estimate of drug-likeness (QED) is 0.0714. The van der Waals surface area contributed by atoms with E-state index in [-0.39, 0.29) is 53.0 Å². The molecule has 3 aromatic rings. The van der Waals surface area contributed by atoms with E-state index in [1.54, 1.807) is 58.0 Å². The Morgan fingerprint density at radius 1 is 1.02 bits per heavy atom. The average molecular weight is 811 g/mol. The summed E-state index contributed by atoms with van der Waals surface area (Å²) in [6.07, 6.45) is -5.30. The SMILES string of the molecule is COc1cccc2c1C(=O)c1c(O)c3c(c(O)c1C2=O)C[C@@](C)(C(=O)CO)C[C@@H]3O[C@H]1C[C@H](N)[C@H](O[P@@](=O)(N[C@@H](C)C(=O)OC(C)C)Oc2ccccc2)[C@H](C)O1. The molecule has 6 rings (SSSR count). The summed E-state index contributed by atoms with van der Waals surface area (Å²) in [5, 5.41) is 36.2. The molecule has 306 valence electrons. The number of carbonyl (C=O) groups excluding carboxylic acids is 4. The molecule has 1 aliphatic heterocycles. The Labute approximate surface area is 329 Å². The Kier molecular flexibility index (Phi) is 12.0. The van der Waals surface area contributed by atoms with Gasteiger partial charge in [0.2, 0.25) is 5.78 Å². The third kappa shape index (κ3) is 8.08. The summed E-state index contributed by atoms with van der Waals surface area (Å²) in [4.78, 5) is 53.8. The zero-order valence-electron chi connectivity index (χ0n) is 32.3. The molecule has 3 aromatic carbocycles. The highest BCUT2D eigenvalue weighted by atomic mass is 31.2. The Morgan fingerprint density at radius 3 is 2.33 bits per heavy atom. The molecular formula is C40H47N2O14P. The fraction of sp³-hybridized carbons (Fsp3) is 0.450. The largest absolute Gasteiger partial charge is 0.507 e. The lowest BCUT2D eigenvalue weighted by molar-refractivity contribution is -0.242. The standard InChI is InChI=1S/C40H47N2O14P/c1-19(2)52-39(49)20(3)42-57(50,55-22-11-8-7-9-12-22)56-38-21(4)53-29(15-25(38)41)54-27-17-40(5,28(44)18-43)16-24-31(27)37(48)33-32(35(24)46)34(45)23-13-10-14-26(51-6)30(23)36(33)47/h7-14,19-21,25,27,29,38,43,46,48H,15-18,41H2,1-6H3,(H,42,50)/t20-,21-,25-,27-,29-,38+,40+,57+/m0/s1.